The fourth-order valence-electron chi connectivity index (χ4n) is 4.43. The third kappa shape index (κ3) is 3.02. The van der Waals surface area contributed by atoms with Gasteiger partial charge in [-0.05, 0) is 42.6 Å². The second-order valence-corrected chi connectivity index (χ2v) is 7.82. The van der Waals surface area contributed by atoms with E-state index < -0.39 is 5.67 Å². The predicted molar refractivity (Wildman–Crippen MR) is 90.6 cm³/mol. The molecule has 1 heterocycles. The third-order valence-corrected chi connectivity index (χ3v) is 6.32. The van der Waals surface area contributed by atoms with Crippen molar-refractivity contribution in [2.24, 2.45) is 11.3 Å². The largest absolute Gasteiger partial charge is 0.293 e. The number of benzene rings is 1. The van der Waals surface area contributed by atoms with Gasteiger partial charge in [0.2, 0.25) is 0 Å². The van der Waals surface area contributed by atoms with Crippen LogP contribution in [0.1, 0.15) is 51.5 Å². The van der Waals surface area contributed by atoms with E-state index in [-0.39, 0.29) is 5.41 Å². The highest BCUT2D eigenvalue weighted by molar-refractivity contribution is 5.26. The zero-order valence-corrected chi connectivity index (χ0v) is 14.3. The van der Waals surface area contributed by atoms with Crippen molar-refractivity contribution in [2.45, 2.75) is 57.7 Å². The molecule has 0 bridgehead atoms. The van der Waals surface area contributed by atoms with Gasteiger partial charge in [-0.15, -0.1) is 0 Å². The monoisotopic (exact) mass is 314 g/mol. The first kappa shape index (κ1) is 16.5. The zero-order chi connectivity index (χ0) is 16.5. The zero-order valence-electron chi connectivity index (χ0n) is 14.3. The molecule has 0 atom stereocenters. The van der Waals surface area contributed by atoms with Gasteiger partial charge in [-0.3, -0.25) is 4.90 Å². The van der Waals surface area contributed by atoms with Crippen LogP contribution in [0.4, 0.5) is 4.39 Å². The number of nitriles is 1. The molecule has 0 amide bonds. The summed E-state index contributed by atoms with van der Waals surface area (Å²) in [5.74, 6) is 0.545. The molecule has 23 heavy (non-hydrogen) atoms. The maximum atomic E-state index is 15.0. The number of alkyl halides is 1. The number of nitrogens with zero attached hydrogens (tertiary/aromatic N) is 2. The lowest BCUT2D eigenvalue weighted by atomic mass is 9.64. The van der Waals surface area contributed by atoms with E-state index in [0.717, 1.165) is 31.2 Å². The lowest BCUT2D eigenvalue weighted by Crippen LogP contribution is -2.61. The molecule has 0 unspecified atom stereocenters. The van der Waals surface area contributed by atoms with Crippen LogP contribution in [0.25, 0.3) is 0 Å². The van der Waals surface area contributed by atoms with Crippen LogP contribution >= 0.6 is 0 Å². The first-order valence-electron chi connectivity index (χ1n) is 8.85. The van der Waals surface area contributed by atoms with Crippen LogP contribution in [0.2, 0.25) is 0 Å². The van der Waals surface area contributed by atoms with E-state index in [1.165, 1.54) is 0 Å². The molecule has 1 saturated carbocycles. The van der Waals surface area contributed by atoms with Gasteiger partial charge in [0.25, 0.3) is 0 Å². The minimum atomic E-state index is -1.17. The van der Waals surface area contributed by atoms with Gasteiger partial charge in [-0.25, -0.2) is 4.39 Å². The Morgan fingerprint density at radius 2 is 1.83 bits per heavy atom. The van der Waals surface area contributed by atoms with Gasteiger partial charge >= 0.3 is 0 Å². The second kappa shape index (κ2) is 6.24. The Morgan fingerprint density at radius 1 is 1.22 bits per heavy atom. The molecule has 0 spiro atoms. The number of likely N-dealkylation sites (tertiary alicyclic amines) is 1. The topological polar surface area (TPSA) is 27.0 Å². The van der Waals surface area contributed by atoms with Gasteiger partial charge in [-0.1, -0.05) is 44.2 Å². The van der Waals surface area contributed by atoms with E-state index in [1.807, 2.05) is 30.3 Å². The van der Waals surface area contributed by atoms with Crippen molar-refractivity contribution >= 4 is 0 Å². The predicted octanol–water partition coefficient (Wildman–Crippen LogP) is 4.67. The lowest BCUT2D eigenvalue weighted by Gasteiger charge is -2.52. The Labute approximate surface area is 139 Å². The van der Waals surface area contributed by atoms with Crippen molar-refractivity contribution in [1.82, 2.24) is 4.90 Å². The summed E-state index contributed by atoms with van der Waals surface area (Å²) in [7, 11) is 0. The van der Waals surface area contributed by atoms with Gasteiger partial charge < -0.3 is 0 Å². The van der Waals surface area contributed by atoms with E-state index in [1.54, 1.807) is 0 Å². The van der Waals surface area contributed by atoms with E-state index in [4.69, 9.17) is 5.26 Å². The highest BCUT2D eigenvalue weighted by Gasteiger charge is 2.49. The maximum Gasteiger partial charge on any atom is 0.161 e. The number of rotatable bonds is 4. The van der Waals surface area contributed by atoms with Crippen LogP contribution in [0.15, 0.2) is 30.3 Å². The SMILES string of the molecule is CC(C)C1(CC#N)CCC(N2CC(F)(c3ccccc3)C2)CC1. The Hall–Kier alpha value is -1.40. The van der Waals surface area contributed by atoms with Crippen molar-refractivity contribution in [1.29, 1.82) is 5.26 Å². The summed E-state index contributed by atoms with van der Waals surface area (Å²) < 4.78 is 15.0. The molecule has 2 fully saturated rings. The minimum Gasteiger partial charge on any atom is -0.293 e. The minimum absolute atomic E-state index is 0.183. The molecule has 0 aromatic heterocycles. The quantitative estimate of drug-likeness (QED) is 0.808. The normalized spacial score (nSPS) is 30.7. The van der Waals surface area contributed by atoms with E-state index >= 15 is 0 Å². The van der Waals surface area contributed by atoms with Crippen LogP contribution in [0.3, 0.4) is 0 Å². The Balaban J connectivity index is 1.58. The highest BCUT2D eigenvalue weighted by Crippen LogP contribution is 2.48. The van der Waals surface area contributed by atoms with Gasteiger partial charge in [0, 0.05) is 25.6 Å². The van der Waals surface area contributed by atoms with E-state index in [0.29, 0.717) is 31.5 Å². The Kier molecular flexibility index (Phi) is 4.47. The molecule has 3 heteroatoms. The summed E-state index contributed by atoms with van der Waals surface area (Å²) in [4.78, 5) is 2.31. The van der Waals surface area contributed by atoms with Crippen molar-refractivity contribution in [3.05, 3.63) is 35.9 Å². The molecule has 3 rings (SSSR count). The molecule has 1 aromatic rings. The van der Waals surface area contributed by atoms with Gasteiger partial charge in [0.1, 0.15) is 0 Å². The average molecular weight is 314 g/mol. The van der Waals surface area contributed by atoms with E-state index in [2.05, 4.69) is 24.8 Å². The van der Waals surface area contributed by atoms with Crippen molar-refractivity contribution < 1.29 is 4.39 Å². The number of halogens is 1. The standard InChI is InChI=1S/C20H27FN2/c1-16(2)19(12-13-22)10-8-18(9-11-19)23-14-20(21,15-23)17-6-4-3-5-7-17/h3-7,16,18H,8-12,14-15H2,1-2H3. The molecular formula is C20H27FN2. The Bertz CT molecular complexity index is 561. The molecule has 124 valence electrons. The molecule has 1 aromatic carbocycles. The second-order valence-electron chi connectivity index (χ2n) is 7.82. The molecule has 1 aliphatic carbocycles. The summed E-state index contributed by atoms with van der Waals surface area (Å²) in [5, 5.41) is 9.15. The fourth-order valence-corrected chi connectivity index (χ4v) is 4.43. The molecule has 2 nitrogen and oxygen atoms in total. The summed E-state index contributed by atoms with van der Waals surface area (Å²) in [6.07, 6.45) is 5.07. The number of hydrogen-bond acceptors (Lipinski definition) is 2. The first-order chi connectivity index (χ1) is 11.0. The van der Waals surface area contributed by atoms with Crippen LogP contribution in [-0.2, 0) is 5.67 Å². The Morgan fingerprint density at radius 3 is 2.35 bits per heavy atom. The van der Waals surface area contributed by atoms with Gasteiger partial charge in [-0.2, -0.15) is 5.26 Å². The van der Waals surface area contributed by atoms with E-state index in [9.17, 15) is 4.39 Å². The van der Waals surface area contributed by atoms with Crippen molar-refractivity contribution in [2.75, 3.05) is 13.1 Å². The van der Waals surface area contributed by atoms with Gasteiger partial charge in [0.15, 0.2) is 5.67 Å². The average Bonchev–Trinajstić information content (AvgIpc) is 2.54. The number of hydrogen-bond donors (Lipinski definition) is 0. The van der Waals surface area contributed by atoms with Crippen LogP contribution < -0.4 is 0 Å². The van der Waals surface area contributed by atoms with Crippen molar-refractivity contribution in [3.63, 3.8) is 0 Å². The van der Waals surface area contributed by atoms with Crippen LogP contribution in [0, 0.1) is 22.7 Å². The fraction of sp³-hybridized carbons (Fsp3) is 0.650. The molecule has 0 N–H and O–H groups in total. The summed E-state index contributed by atoms with van der Waals surface area (Å²) in [6.45, 7) is 5.52. The molecule has 2 aliphatic rings. The first-order valence-corrected chi connectivity index (χ1v) is 8.85. The highest BCUT2D eigenvalue weighted by atomic mass is 19.1. The summed E-state index contributed by atoms with van der Waals surface area (Å²) >= 11 is 0. The molecule has 1 saturated heterocycles. The maximum absolute atomic E-state index is 15.0. The van der Waals surface area contributed by atoms with Crippen molar-refractivity contribution in [3.8, 4) is 6.07 Å². The molecular weight excluding hydrogens is 287 g/mol. The molecule has 0 radical (unpaired) electrons. The van der Waals surface area contributed by atoms with Crippen LogP contribution in [-0.4, -0.2) is 24.0 Å². The van der Waals surface area contributed by atoms with Gasteiger partial charge in [0.05, 0.1) is 6.07 Å². The smallest absolute Gasteiger partial charge is 0.161 e. The molecule has 1 aliphatic heterocycles. The van der Waals surface area contributed by atoms with Crippen LogP contribution in [0.5, 0.6) is 0 Å². The third-order valence-electron chi connectivity index (χ3n) is 6.32. The lowest BCUT2D eigenvalue weighted by molar-refractivity contribution is -0.0801. The summed E-state index contributed by atoms with van der Waals surface area (Å²) in [6, 6.07) is 12.4. The summed E-state index contributed by atoms with van der Waals surface area (Å²) in [5.41, 5.74) is -0.170.